The van der Waals surface area contributed by atoms with E-state index in [2.05, 4.69) is 27.2 Å². The maximum atomic E-state index is 11.7. The van der Waals surface area contributed by atoms with Crippen molar-refractivity contribution in [1.29, 1.82) is 0 Å². The molecule has 19 heavy (non-hydrogen) atoms. The highest BCUT2D eigenvalue weighted by molar-refractivity contribution is 6.09. The lowest BCUT2D eigenvalue weighted by atomic mass is 10.1. The Balaban J connectivity index is 1.93. The largest absolute Gasteiger partial charge is 0.354 e. The lowest BCUT2D eigenvalue weighted by Gasteiger charge is -2.34. The fourth-order valence-electron chi connectivity index (χ4n) is 2.50. The maximum Gasteiger partial charge on any atom is 0.246 e. The molecule has 1 saturated heterocycles. The molecule has 100 valence electrons. The van der Waals surface area contributed by atoms with E-state index < -0.39 is 0 Å². The molecular weight excluding hydrogens is 240 g/mol. The zero-order valence-corrected chi connectivity index (χ0v) is 11.1. The van der Waals surface area contributed by atoms with Crippen LogP contribution in [0, 0.1) is 0 Å². The third-order valence-corrected chi connectivity index (χ3v) is 3.62. The minimum atomic E-state index is -0.0448. The molecule has 2 heterocycles. The molecule has 1 N–H and O–H groups in total. The number of piperazine rings is 1. The van der Waals surface area contributed by atoms with Gasteiger partial charge in [-0.15, -0.1) is 0 Å². The Kier molecular flexibility index (Phi) is 3.21. The number of anilines is 1. The molecule has 0 aliphatic carbocycles. The topological polar surface area (TPSA) is 47.9 Å². The molecule has 0 atom stereocenters. The summed E-state index contributed by atoms with van der Waals surface area (Å²) in [6.45, 7) is 4.18. The average molecular weight is 258 g/mol. The Labute approximate surface area is 112 Å². The normalized spacial score (nSPS) is 20.4. The number of fused-ring (bicyclic) bond motifs is 1. The number of aliphatic imine (C=N–C) groups is 1. The zero-order chi connectivity index (χ0) is 13.2. The highest BCUT2D eigenvalue weighted by atomic mass is 16.1. The minimum absolute atomic E-state index is 0.0448. The standard InChI is InChI=1S/C14H18N4O/c1-17-6-8-18(9-7-17)14-11-4-2-3-5-12(11)16-13(19)10-15-14/h2-5H,6-10H2,1H3,(H,16,19). The Bertz CT molecular complexity index is 518. The molecule has 3 rings (SSSR count). The van der Waals surface area contributed by atoms with Crippen LogP contribution in [0.15, 0.2) is 29.3 Å². The fourth-order valence-corrected chi connectivity index (χ4v) is 2.50. The van der Waals surface area contributed by atoms with Crippen molar-refractivity contribution in [1.82, 2.24) is 9.80 Å². The van der Waals surface area contributed by atoms with E-state index in [4.69, 9.17) is 0 Å². The summed E-state index contributed by atoms with van der Waals surface area (Å²) in [6.07, 6.45) is 0. The summed E-state index contributed by atoms with van der Waals surface area (Å²) in [7, 11) is 2.13. The summed E-state index contributed by atoms with van der Waals surface area (Å²) in [5.41, 5.74) is 1.89. The van der Waals surface area contributed by atoms with Gasteiger partial charge in [0.15, 0.2) is 0 Å². The van der Waals surface area contributed by atoms with Crippen LogP contribution in [0.5, 0.6) is 0 Å². The number of benzene rings is 1. The number of benzodiazepines with no additional fused rings is 1. The Morgan fingerprint density at radius 1 is 1.16 bits per heavy atom. The first-order valence-electron chi connectivity index (χ1n) is 6.61. The van der Waals surface area contributed by atoms with Gasteiger partial charge >= 0.3 is 0 Å². The molecule has 0 spiro atoms. The lowest BCUT2D eigenvalue weighted by Crippen LogP contribution is -2.47. The van der Waals surface area contributed by atoms with Crippen molar-refractivity contribution in [3.8, 4) is 0 Å². The second-order valence-corrected chi connectivity index (χ2v) is 5.02. The van der Waals surface area contributed by atoms with E-state index in [9.17, 15) is 4.79 Å². The van der Waals surface area contributed by atoms with Crippen LogP contribution in [-0.4, -0.2) is 61.3 Å². The van der Waals surface area contributed by atoms with Gasteiger partial charge in [0.1, 0.15) is 12.4 Å². The molecule has 1 aromatic carbocycles. The summed E-state index contributed by atoms with van der Waals surface area (Å²) in [5.74, 6) is 0.902. The van der Waals surface area contributed by atoms with E-state index in [1.165, 1.54) is 0 Å². The van der Waals surface area contributed by atoms with Crippen molar-refractivity contribution in [2.45, 2.75) is 0 Å². The smallest absolute Gasteiger partial charge is 0.246 e. The van der Waals surface area contributed by atoms with Gasteiger partial charge in [0.2, 0.25) is 5.91 Å². The first-order valence-corrected chi connectivity index (χ1v) is 6.61. The number of hydrogen-bond donors (Lipinski definition) is 1. The van der Waals surface area contributed by atoms with Crippen molar-refractivity contribution in [3.05, 3.63) is 29.8 Å². The quantitative estimate of drug-likeness (QED) is 0.742. The monoisotopic (exact) mass is 258 g/mol. The van der Waals surface area contributed by atoms with Crippen LogP contribution in [0.25, 0.3) is 0 Å². The molecule has 0 saturated carbocycles. The predicted octanol–water partition coefficient (Wildman–Crippen LogP) is 0.633. The fraction of sp³-hybridized carbons (Fsp3) is 0.429. The second kappa shape index (κ2) is 5.01. The minimum Gasteiger partial charge on any atom is -0.354 e. The SMILES string of the molecule is CN1CCN(C2=NCC(=O)Nc3ccccc32)CC1. The van der Waals surface area contributed by atoms with Crippen LogP contribution in [0.2, 0.25) is 0 Å². The molecule has 1 amide bonds. The highest BCUT2D eigenvalue weighted by Gasteiger charge is 2.23. The number of nitrogens with one attached hydrogen (secondary N) is 1. The van der Waals surface area contributed by atoms with E-state index in [1.807, 2.05) is 24.3 Å². The van der Waals surface area contributed by atoms with Gasteiger partial charge in [0.25, 0.3) is 0 Å². The summed E-state index contributed by atoms with van der Waals surface area (Å²) < 4.78 is 0. The number of rotatable bonds is 0. The number of likely N-dealkylation sites (N-methyl/N-ethyl adjacent to an activating group) is 1. The van der Waals surface area contributed by atoms with Crippen molar-refractivity contribution in [2.75, 3.05) is 45.1 Å². The van der Waals surface area contributed by atoms with Gasteiger partial charge in [0.05, 0.1) is 5.69 Å². The van der Waals surface area contributed by atoms with Crippen molar-refractivity contribution < 1.29 is 4.79 Å². The van der Waals surface area contributed by atoms with Gasteiger partial charge in [0, 0.05) is 31.7 Å². The van der Waals surface area contributed by atoms with Gasteiger partial charge in [-0.3, -0.25) is 9.79 Å². The van der Waals surface area contributed by atoms with E-state index >= 15 is 0 Å². The maximum absolute atomic E-state index is 11.7. The predicted molar refractivity (Wildman–Crippen MR) is 75.5 cm³/mol. The van der Waals surface area contributed by atoms with Gasteiger partial charge in [-0.05, 0) is 19.2 Å². The van der Waals surface area contributed by atoms with E-state index in [0.29, 0.717) is 0 Å². The lowest BCUT2D eigenvalue weighted by molar-refractivity contribution is -0.114. The van der Waals surface area contributed by atoms with Crippen LogP contribution in [-0.2, 0) is 4.79 Å². The summed E-state index contributed by atoms with van der Waals surface area (Å²) in [6, 6.07) is 7.89. The second-order valence-electron chi connectivity index (χ2n) is 5.02. The molecule has 2 aliphatic rings. The summed E-state index contributed by atoms with van der Waals surface area (Å²) in [5, 5.41) is 2.91. The van der Waals surface area contributed by atoms with Crippen LogP contribution in [0.1, 0.15) is 5.56 Å². The van der Waals surface area contributed by atoms with E-state index in [-0.39, 0.29) is 12.5 Å². The Morgan fingerprint density at radius 3 is 2.68 bits per heavy atom. The molecule has 2 aliphatic heterocycles. The van der Waals surface area contributed by atoms with Gasteiger partial charge in [-0.1, -0.05) is 12.1 Å². The van der Waals surface area contributed by atoms with Crippen molar-refractivity contribution in [3.63, 3.8) is 0 Å². The molecule has 0 unspecified atom stereocenters. The number of nitrogens with zero attached hydrogens (tertiary/aromatic N) is 3. The van der Waals surface area contributed by atoms with Crippen molar-refractivity contribution in [2.24, 2.45) is 4.99 Å². The summed E-state index contributed by atoms with van der Waals surface area (Å²) >= 11 is 0. The van der Waals surface area contributed by atoms with Crippen LogP contribution < -0.4 is 5.32 Å². The molecule has 0 radical (unpaired) electrons. The molecule has 1 aromatic rings. The molecule has 0 aromatic heterocycles. The van der Waals surface area contributed by atoms with Crippen molar-refractivity contribution >= 4 is 17.4 Å². The first-order chi connectivity index (χ1) is 9.24. The van der Waals surface area contributed by atoms with E-state index in [0.717, 1.165) is 43.3 Å². The van der Waals surface area contributed by atoms with E-state index in [1.54, 1.807) is 0 Å². The Morgan fingerprint density at radius 2 is 1.89 bits per heavy atom. The molecular formula is C14H18N4O. The van der Waals surface area contributed by atoms with Crippen LogP contribution in [0.4, 0.5) is 5.69 Å². The number of amidine groups is 1. The highest BCUT2D eigenvalue weighted by Crippen LogP contribution is 2.21. The number of para-hydroxylation sites is 1. The van der Waals surface area contributed by atoms with Gasteiger partial charge < -0.3 is 15.1 Å². The van der Waals surface area contributed by atoms with Crippen LogP contribution in [0.3, 0.4) is 0 Å². The number of amides is 1. The number of carbonyl (C=O) groups is 1. The summed E-state index contributed by atoms with van der Waals surface area (Å²) in [4.78, 5) is 20.8. The number of hydrogen-bond acceptors (Lipinski definition) is 4. The third kappa shape index (κ3) is 2.46. The zero-order valence-electron chi connectivity index (χ0n) is 11.1. The molecule has 1 fully saturated rings. The first kappa shape index (κ1) is 12.2. The number of carbonyl (C=O) groups excluding carboxylic acids is 1. The molecule has 0 bridgehead atoms. The molecule has 5 heteroatoms. The third-order valence-electron chi connectivity index (χ3n) is 3.62. The van der Waals surface area contributed by atoms with Gasteiger partial charge in [-0.25, -0.2) is 0 Å². The van der Waals surface area contributed by atoms with Gasteiger partial charge in [-0.2, -0.15) is 0 Å². The van der Waals surface area contributed by atoms with Crippen LogP contribution >= 0.6 is 0 Å². The Hall–Kier alpha value is -1.88. The molecule has 5 nitrogen and oxygen atoms in total. The average Bonchev–Trinajstić information content (AvgIpc) is 2.58.